The molecule has 0 saturated carbocycles. The molecule has 1 unspecified atom stereocenters. The fourth-order valence-electron chi connectivity index (χ4n) is 1.38. The third-order valence-corrected chi connectivity index (χ3v) is 2.09. The van der Waals surface area contributed by atoms with Gasteiger partial charge in [-0.15, -0.1) is 0 Å². The quantitative estimate of drug-likeness (QED) is 0.799. The second-order valence-electron chi connectivity index (χ2n) is 3.57. The second kappa shape index (κ2) is 6.17. The molecule has 2 N–H and O–H groups in total. The van der Waals surface area contributed by atoms with Crippen LogP contribution in [0.4, 0.5) is 10.1 Å². The highest BCUT2D eigenvalue weighted by Gasteiger charge is 2.10. The molecule has 0 aliphatic heterocycles. The van der Waals surface area contributed by atoms with E-state index in [1.165, 1.54) is 12.3 Å². The highest BCUT2D eigenvalue weighted by molar-refractivity contribution is 5.91. The van der Waals surface area contributed by atoms with Crippen LogP contribution in [-0.2, 0) is 4.79 Å². The lowest BCUT2D eigenvalue weighted by Gasteiger charge is -2.12. The van der Waals surface area contributed by atoms with Gasteiger partial charge in [-0.2, -0.15) is 0 Å². The van der Waals surface area contributed by atoms with Crippen LogP contribution in [0.15, 0.2) is 18.5 Å². The summed E-state index contributed by atoms with van der Waals surface area (Å²) in [4.78, 5) is 15.1. The fourth-order valence-corrected chi connectivity index (χ4v) is 1.38. The lowest BCUT2D eigenvalue weighted by molar-refractivity contribution is -0.116. The highest BCUT2D eigenvalue weighted by atomic mass is 19.1. The van der Waals surface area contributed by atoms with E-state index in [1.54, 1.807) is 0 Å². The molecule has 0 saturated heterocycles. The Balaban J connectivity index is 2.49. The fraction of sp³-hybridized carbons (Fsp3) is 0.455. The van der Waals surface area contributed by atoms with Crippen LogP contribution < -0.4 is 10.6 Å². The number of nitrogens with one attached hydrogen (secondary N) is 2. The zero-order valence-electron chi connectivity index (χ0n) is 9.46. The number of aromatic nitrogens is 1. The molecule has 0 aliphatic rings. The Morgan fingerprint density at radius 2 is 2.38 bits per heavy atom. The minimum absolute atomic E-state index is 0.0786. The summed E-state index contributed by atoms with van der Waals surface area (Å²) in [6.07, 6.45) is 2.82. The summed E-state index contributed by atoms with van der Waals surface area (Å²) < 4.78 is 13.1. The number of carbonyl (C=O) groups excluding carboxylic acids is 1. The van der Waals surface area contributed by atoms with E-state index in [9.17, 15) is 9.18 Å². The minimum Gasteiger partial charge on any atom is -0.323 e. The normalized spacial score (nSPS) is 12.2. The van der Waals surface area contributed by atoms with E-state index in [0.717, 1.165) is 12.7 Å². The lowest BCUT2D eigenvalue weighted by Crippen LogP contribution is -2.30. The molecule has 5 heteroatoms. The van der Waals surface area contributed by atoms with Gasteiger partial charge in [-0.25, -0.2) is 4.39 Å². The molecule has 16 heavy (non-hydrogen) atoms. The molecule has 1 atom stereocenters. The van der Waals surface area contributed by atoms with Gasteiger partial charge in [0.05, 0.1) is 11.9 Å². The topological polar surface area (TPSA) is 54.0 Å². The third-order valence-electron chi connectivity index (χ3n) is 2.09. The van der Waals surface area contributed by atoms with Crippen LogP contribution in [-0.4, -0.2) is 23.5 Å². The summed E-state index contributed by atoms with van der Waals surface area (Å²) in [5.41, 5.74) is 0.170. The van der Waals surface area contributed by atoms with Crippen LogP contribution in [0.1, 0.15) is 20.3 Å². The van der Waals surface area contributed by atoms with Crippen molar-refractivity contribution < 1.29 is 9.18 Å². The van der Waals surface area contributed by atoms with Gasteiger partial charge in [0.15, 0.2) is 5.82 Å². The minimum atomic E-state index is -0.521. The SMILES string of the molecule is CCNC(C)CC(=O)Nc1ccncc1F. The number of hydrogen-bond donors (Lipinski definition) is 2. The third kappa shape index (κ3) is 3.94. The zero-order chi connectivity index (χ0) is 12.0. The molecule has 4 nitrogen and oxygen atoms in total. The Morgan fingerprint density at radius 1 is 1.62 bits per heavy atom. The molecule has 1 aromatic rings. The predicted molar refractivity (Wildman–Crippen MR) is 60.6 cm³/mol. The Bertz CT molecular complexity index is 357. The van der Waals surface area contributed by atoms with Gasteiger partial charge >= 0.3 is 0 Å². The number of anilines is 1. The first-order valence-corrected chi connectivity index (χ1v) is 5.26. The Hall–Kier alpha value is -1.49. The van der Waals surface area contributed by atoms with Crippen molar-refractivity contribution in [2.75, 3.05) is 11.9 Å². The van der Waals surface area contributed by atoms with Crippen LogP contribution in [0.3, 0.4) is 0 Å². The van der Waals surface area contributed by atoms with E-state index >= 15 is 0 Å². The Labute approximate surface area is 94.3 Å². The van der Waals surface area contributed by atoms with Gasteiger partial charge in [0.1, 0.15) is 0 Å². The molecule has 0 aromatic carbocycles. The molecular formula is C11H16FN3O. The molecule has 1 rings (SSSR count). The monoisotopic (exact) mass is 225 g/mol. The average molecular weight is 225 g/mol. The Morgan fingerprint density at radius 3 is 3.00 bits per heavy atom. The number of carbonyl (C=O) groups is 1. The van der Waals surface area contributed by atoms with Crippen LogP contribution >= 0.6 is 0 Å². The van der Waals surface area contributed by atoms with Gasteiger partial charge in [-0.1, -0.05) is 6.92 Å². The number of hydrogen-bond acceptors (Lipinski definition) is 3. The van der Waals surface area contributed by atoms with Crippen LogP contribution in [0.2, 0.25) is 0 Å². The van der Waals surface area contributed by atoms with E-state index in [-0.39, 0.29) is 17.6 Å². The summed E-state index contributed by atoms with van der Waals surface area (Å²) in [6, 6.07) is 1.51. The van der Waals surface area contributed by atoms with Gasteiger partial charge in [0.25, 0.3) is 0 Å². The van der Waals surface area contributed by atoms with E-state index in [4.69, 9.17) is 0 Å². The maximum Gasteiger partial charge on any atom is 0.226 e. The first-order chi connectivity index (χ1) is 7.63. The second-order valence-corrected chi connectivity index (χ2v) is 3.57. The zero-order valence-corrected chi connectivity index (χ0v) is 9.46. The summed E-state index contributed by atoms with van der Waals surface area (Å²) in [7, 11) is 0. The summed E-state index contributed by atoms with van der Waals surface area (Å²) >= 11 is 0. The summed E-state index contributed by atoms with van der Waals surface area (Å²) in [6.45, 7) is 4.68. The van der Waals surface area contributed by atoms with Crippen molar-refractivity contribution in [3.05, 3.63) is 24.3 Å². The largest absolute Gasteiger partial charge is 0.323 e. The molecule has 1 heterocycles. The van der Waals surface area contributed by atoms with Crippen molar-refractivity contribution in [2.45, 2.75) is 26.3 Å². The maximum atomic E-state index is 13.1. The van der Waals surface area contributed by atoms with E-state index in [0.29, 0.717) is 6.42 Å². The van der Waals surface area contributed by atoms with E-state index < -0.39 is 5.82 Å². The van der Waals surface area contributed by atoms with Gasteiger partial charge in [-0.3, -0.25) is 9.78 Å². The van der Waals surface area contributed by atoms with Crippen molar-refractivity contribution >= 4 is 11.6 Å². The standard InChI is InChI=1S/C11H16FN3O/c1-3-14-8(2)6-11(16)15-10-4-5-13-7-9(10)12/h4-5,7-8,14H,3,6H2,1-2H3,(H,13,15,16). The predicted octanol–water partition coefficient (Wildman–Crippen LogP) is 1.55. The van der Waals surface area contributed by atoms with Gasteiger partial charge in [0.2, 0.25) is 5.91 Å². The van der Waals surface area contributed by atoms with Gasteiger partial charge < -0.3 is 10.6 Å². The molecule has 0 radical (unpaired) electrons. The molecule has 0 aliphatic carbocycles. The molecule has 0 bridgehead atoms. The number of pyridine rings is 1. The van der Waals surface area contributed by atoms with Crippen molar-refractivity contribution in [3.8, 4) is 0 Å². The summed E-state index contributed by atoms with van der Waals surface area (Å²) in [5, 5.41) is 5.62. The lowest BCUT2D eigenvalue weighted by atomic mass is 10.2. The summed E-state index contributed by atoms with van der Waals surface area (Å²) in [5.74, 6) is -0.731. The highest BCUT2D eigenvalue weighted by Crippen LogP contribution is 2.11. The van der Waals surface area contributed by atoms with Crippen molar-refractivity contribution in [1.82, 2.24) is 10.3 Å². The van der Waals surface area contributed by atoms with E-state index in [1.807, 2.05) is 13.8 Å². The van der Waals surface area contributed by atoms with Crippen LogP contribution in [0, 0.1) is 5.82 Å². The van der Waals surface area contributed by atoms with Crippen LogP contribution in [0.5, 0.6) is 0 Å². The van der Waals surface area contributed by atoms with Gasteiger partial charge in [-0.05, 0) is 19.5 Å². The van der Waals surface area contributed by atoms with Crippen molar-refractivity contribution in [2.24, 2.45) is 0 Å². The van der Waals surface area contributed by atoms with Crippen LogP contribution in [0.25, 0.3) is 0 Å². The smallest absolute Gasteiger partial charge is 0.226 e. The van der Waals surface area contributed by atoms with Crippen molar-refractivity contribution in [1.29, 1.82) is 0 Å². The van der Waals surface area contributed by atoms with Crippen molar-refractivity contribution in [3.63, 3.8) is 0 Å². The number of halogens is 1. The van der Waals surface area contributed by atoms with Gasteiger partial charge in [0, 0.05) is 18.7 Å². The molecule has 1 aromatic heterocycles. The van der Waals surface area contributed by atoms with E-state index in [2.05, 4.69) is 15.6 Å². The molecule has 88 valence electrons. The molecule has 0 fully saturated rings. The first kappa shape index (κ1) is 12.6. The number of rotatable bonds is 5. The molecule has 0 spiro atoms. The number of nitrogens with zero attached hydrogens (tertiary/aromatic N) is 1. The maximum absolute atomic E-state index is 13.1. The molecule has 1 amide bonds. The first-order valence-electron chi connectivity index (χ1n) is 5.26. The number of amides is 1. The average Bonchev–Trinajstić information content (AvgIpc) is 2.21. The Kier molecular flexibility index (Phi) is 4.85. The molecular weight excluding hydrogens is 209 g/mol.